The highest BCUT2D eigenvalue weighted by Crippen LogP contribution is 2.23. The molecule has 104 valence electrons. The molecule has 1 aliphatic heterocycles. The molecule has 3 N–H and O–H groups in total. The maximum atomic E-state index is 12.5. The lowest BCUT2D eigenvalue weighted by atomic mass is 10.1. The summed E-state index contributed by atoms with van der Waals surface area (Å²) in [6, 6.07) is 7.81. The highest BCUT2D eigenvalue weighted by molar-refractivity contribution is 5.94. The van der Waals surface area contributed by atoms with Crippen molar-refractivity contribution in [2.75, 3.05) is 13.2 Å². The normalized spacial score (nSPS) is 18.8. The van der Waals surface area contributed by atoms with Crippen molar-refractivity contribution in [1.82, 2.24) is 4.90 Å². The van der Waals surface area contributed by atoms with Crippen LogP contribution in [0.1, 0.15) is 41.6 Å². The van der Waals surface area contributed by atoms with E-state index >= 15 is 0 Å². The van der Waals surface area contributed by atoms with Crippen LogP contribution in [0, 0.1) is 0 Å². The monoisotopic (exact) mass is 262 g/mol. The predicted molar refractivity (Wildman–Crippen MR) is 74.7 cm³/mol. The molecule has 1 atom stereocenters. The van der Waals surface area contributed by atoms with Gasteiger partial charge in [0.25, 0.3) is 5.91 Å². The van der Waals surface area contributed by atoms with Gasteiger partial charge in [0.05, 0.1) is 0 Å². The Morgan fingerprint density at radius 1 is 1.37 bits per heavy atom. The zero-order valence-electron chi connectivity index (χ0n) is 11.2. The molecule has 0 radical (unpaired) electrons. The Bertz CT molecular complexity index is 417. The molecule has 1 unspecified atom stereocenters. The molecule has 1 fully saturated rings. The molecule has 1 heterocycles. The molecule has 0 bridgehead atoms. The topological polar surface area (TPSA) is 66.6 Å². The molecule has 1 aliphatic rings. The number of benzene rings is 1. The van der Waals surface area contributed by atoms with E-state index < -0.39 is 0 Å². The number of rotatable bonds is 5. The Hall–Kier alpha value is -1.39. The third-order valence-corrected chi connectivity index (χ3v) is 3.77. The van der Waals surface area contributed by atoms with E-state index in [1.807, 2.05) is 29.2 Å². The lowest BCUT2D eigenvalue weighted by Gasteiger charge is -2.24. The number of likely N-dealkylation sites (tertiary alicyclic amines) is 1. The first kappa shape index (κ1) is 14.0. The summed E-state index contributed by atoms with van der Waals surface area (Å²) in [4.78, 5) is 14.4. The van der Waals surface area contributed by atoms with E-state index in [2.05, 4.69) is 0 Å². The van der Waals surface area contributed by atoms with Gasteiger partial charge in [-0.1, -0.05) is 12.1 Å². The Morgan fingerprint density at radius 2 is 2.11 bits per heavy atom. The fraction of sp³-hybridized carbons (Fsp3) is 0.533. The van der Waals surface area contributed by atoms with Gasteiger partial charge in [0, 0.05) is 31.3 Å². The largest absolute Gasteiger partial charge is 0.396 e. The van der Waals surface area contributed by atoms with E-state index in [0.717, 1.165) is 43.4 Å². The number of carbonyl (C=O) groups excluding carboxylic acids is 1. The van der Waals surface area contributed by atoms with E-state index in [1.54, 1.807) is 0 Å². The van der Waals surface area contributed by atoms with Crippen molar-refractivity contribution < 1.29 is 9.90 Å². The van der Waals surface area contributed by atoms with Gasteiger partial charge >= 0.3 is 0 Å². The number of nitrogens with two attached hydrogens (primary N) is 1. The molecule has 2 rings (SSSR count). The molecule has 0 saturated carbocycles. The van der Waals surface area contributed by atoms with Crippen LogP contribution in [0.3, 0.4) is 0 Å². The summed E-state index contributed by atoms with van der Waals surface area (Å²) in [6.45, 7) is 1.52. The van der Waals surface area contributed by atoms with E-state index in [0.29, 0.717) is 6.54 Å². The standard InChI is InChI=1S/C15H22N2O2/c16-11-12-5-7-13(8-6-12)15(19)17-9-1-3-14(17)4-2-10-18/h5-8,14,18H,1-4,9-11,16H2. The molecule has 1 aromatic rings. The summed E-state index contributed by atoms with van der Waals surface area (Å²) < 4.78 is 0. The average Bonchev–Trinajstić information content (AvgIpc) is 2.92. The zero-order valence-corrected chi connectivity index (χ0v) is 11.2. The van der Waals surface area contributed by atoms with Crippen LogP contribution in [-0.4, -0.2) is 35.1 Å². The van der Waals surface area contributed by atoms with E-state index in [-0.39, 0.29) is 18.6 Å². The van der Waals surface area contributed by atoms with Crippen molar-refractivity contribution in [2.24, 2.45) is 5.73 Å². The lowest BCUT2D eigenvalue weighted by molar-refractivity contribution is 0.0724. The lowest BCUT2D eigenvalue weighted by Crippen LogP contribution is -2.35. The van der Waals surface area contributed by atoms with Gasteiger partial charge in [0.15, 0.2) is 0 Å². The van der Waals surface area contributed by atoms with Crippen LogP contribution in [0.5, 0.6) is 0 Å². The Morgan fingerprint density at radius 3 is 2.74 bits per heavy atom. The molecule has 1 aromatic carbocycles. The van der Waals surface area contributed by atoms with Crippen LogP contribution in [0.15, 0.2) is 24.3 Å². The van der Waals surface area contributed by atoms with Crippen molar-refractivity contribution in [3.05, 3.63) is 35.4 Å². The number of carbonyl (C=O) groups is 1. The number of aliphatic hydroxyl groups is 1. The SMILES string of the molecule is NCc1ccc(C(=O)N2CCCC2CCCO)cc1. The molecular formula is C15H22N2O2. The predicted octanol–water partition coefficient (Wildman–Crippen LogP) is 1.52. The molecule has 1 saturated heterocycles. The van der Waals surface area contributed by atoms with E-state index in [4.69, 9.17) is 10.8 Å². The van der Waals surface area contributed by atoms with E-state index in [9.17, 15) is 4.79 Å². The van der Waals surface area contributed by atoms with Crippen LogP contribution in [-0.2, 0) is 6.54 Å². The molecule has 19 heavy (non-hydrogen) atoms. The summed E-state index contributed by atoms with van der Waals surface area (Å²) in [5.74, 6) is 0.101. The fourth-order valence-corrected chi connectivity index (χ4v) is 2.68. The van der Waals surface area contributed by atoms with Gasteiger partial charge in [-0.2, -0.15) is 0 Å². The van der Waals surface area contributed by atoms with Crippen molar-refractivity contribution >= 4 is 5.91 Å². The summed E-state index contributed by atoms with van der Waals surface area (Å²) >= 11 is 0. The Kier molecular flexibility index (Phi) is 4.93. The first-order valence-corrected chi connectivity index (χ1v) is 6.97. The Balaban J connectivity index is 2.04. The third kappa shape index (κ3) is 3.33. The average molecular weight is 262 g/mol. The molecule has 4 heteroatoms. The minimum Gasteiger partial charge on any atom is -0.396 e. The van der Waals surface area contributed by atoms with Gasteiger partial charge < -0.3 is 15.7 Å². The van der Waals surface area contributed by atoms with Crippen LogP contribution in [0.2, 0.25) is 0 Å². The highest BCUT2D eigenvalue weighted by atomic mass is 16.3. The molecule has 0 aliphatic carbocycles. The van der Waals surface area contributed by atoms with Crippen molar-refractivity contribution in [3.63, 3.8) is 0 Å². The van der Waals surface area contributed by atoms with Gasteiger partial charge in [-0.15, -0.1) is 0 Å². The summed E-state index contributed by atoms with van der Waals surface area (Å²) in [7, 11) is 0. The number of aliphatic hydroxyl groups excluding tert-OH is 1. The van der Waals surface area contributed by atoms with Crippen LogP contribution >= 0.6 is 0 Å². The van der Waals surface area contributed by atoms with Gasteiger partial charge in [0.2, 0.25) is 0 Å². The van der Waals surface area contributed by atoms with Gasteiger partial charge in [-0.3, -0.25) is 4.79 Å². The van der Waals surface area contributed by atoms with Crippen molar-refractivity contribution in [3.8, 4) is 0 Å². The molecule has 1 amide bonds. The first-order chi connectivity index (χ1) is 9.26. The van der Waals surface area contributed by atoms with Crippen LogP contribution < -0.4 is 5.73 Å². The maximum Gasteiger partial charge on any atom is 0.254 e. The third-order valence-electron chi connectivity index (χ3n) is 3.77. The second-order valence-corrected chi connectivity index (χ2v) is 5.06. The molecule has 4 nitrogen and oxygen atoms in total. The summed E-state index contributed by atoms with van der Waals surface area (Å²) in [5, 5.41) is 8.91. The molecular weight excluding hydrogens is 240 g/mol. The minimum atomic E-state index is 0.101. The number of hydrogen-bond donors (Lipinski definition) is 2. The highest BCUT2D eigenvalue weighted by Gasteiger charge is 2.28. The number of amides is 1. The first-order valence-electron chi connectivity index (χ1n) is 6.97. The van der Waals surface area contributed by atoms with Crippen molar-refractivity contribution in [1.29, 1.82) is 0 Å². The molecule has 0 spiro atoms. The summed E-state index contributed by atoms with van der Waals surface area (Å²) in [6.07, 6.45) is 3.76. The quantitative estimate of drug-likeness (QED) is 0.845. The van der Waals surface area contributed by atoms with Crippen molar-refractivity contribution in [2.45, 2.75) is 38.3 Å². The zero-order chi connectivity index (χ0) is 13.7. The maximum absolute atomic E-state index is 12.5. The van der Waals surface area contributed by atoms with Crippen LogP contribution in [0.25, 0.3) is 0 Å². The second kappa shape index (κ2) is 6.68. The van der Waals surface area contributed by atoms with Gasteiger partial charge in [-0.25, -0.2) is 0 Å². The van der Waals surface area contributed by atoms with Crippen LogP contribution in [0.4, 0.5) is 0 Å². The number of nitrogens with zero attached hydrogens (tertiary/aromatic N) is 1. The van der Waals surface area contributed by atoms with E-state index in [1.165, 1.54) is 0 Å². The Labute approximate surface area is 114 Å². The van der Waals surface area contributed by atoms with Gasteiger partial charge in [-0.05, 0) is 43.4 Å². The smallest absolute Gasteiger partial charge is 0.254 e. The summed E-state index contributed by atoms with van der Waals surface area (Å²) in [5.41, 5.74) is 7.32. The fourth-order valence-electron chi connectivity index (χ4n) is 2.68. The second-order valence-electron chi connectivity index (χ2n) is 5.06. The molecule has 0 aromatic heterocycles. The minimum absolute atomic E-state index is 0.101. The van der Waals surface area contributed by atoms with Gasteiger partial charge in [0.1, 0.15) is 0 Å². The number of hydrogen-bond acceptors (Lipinski definition) is 3.